The monoisotopic (exact) mass is 224 g/mol. The normalized spacial score (nSPS) is 0. The molecule has 28 valence electrons. The molecule has 0 aromatic heterocycles. The molecule has 0 heterocycles. The van der Waals surface area contributed by atoms with Crippen molar-refractivity contribution in [3.63, 3.8) is 0 Å². The zero-order valence-electron chi connectivity index (χ0n) is 1.17. The van der Waals surface area contributed by atoms with Crippen molar-refractivity contribution < 1.29 is 49.3 Å². The van der Waals surface area contributed by atoms with Crippen molar-refractivity contribution in [2.45, 2.75) is 0 Å². The quantitative estimate of drug-likeness (QED) is 0.481. The first-order valence-corrected chi connectivity index (χ1v) is 0. The molecular weight excluding hydrogens is 220 g/mol. The molecule has 0 atom stereocenters. The second-order valence-electron chi connectivity index (χ2n) is 0. The summed E-state index contributed by atoms with van der Waals surface area (Å²) >= 11 is 0. The Morgan fingerprint density at radius 3 is 0.750 bits per heavy atom. The van der Waals surface area contributed by atoms with Gasteiger partial charge in [-0.05, 0) is 0 Å². The van der Waals surface area contributed by atoms with Gasteiger partial charge in [-0.15, -0.1) is 0 Å². The van der Waals surface area contributed by atoms with Gasteiger partial charge in [0.15, 0.2) is 0 Å². The fraction of sp³-hybridized carbons (Fsp3) is 0. The Bertz CT molecular complexity index is 6.00. The SMILES string of the molecule is F.F.[Gd].[MgH2]. The van der Waals surface area contributed by atoms with E-state index < -0.39 is 0 Å². The third-order valence-electron chi connectivity index (χ3n) is 0. The van der Waals surface area contributed by atoms with Crippen molar-refractivity contribution in [3.8, 4) is 0 Å². The van der Waals surface area contributed by atoms with E-state index in [4.69, 9.17) is 0 Å². The van der Waals surface area contributed by atoms with Crippen molar-refractivity contribution in [3.05, 3.63) is 0 Å². The molecule has 0 amide bonds. The van der Waals surface area contributed by atoms with Crippen molar-refractivity contribution in [2.75, 3.05) is 0 Å². The Morgan fingerprint density at radius 1 is 0.750 bits per heavy atom. The Labute approximate surface area is 71.3 Å². The number of hydrogen-bond acceptors (Lipinski definition) is 0. The van der Waals surface area contributed by atoms with E-state index >= 15 is 0 Å². The molecule has 0 radical (unpaired) electrons. The minimum absolute atomic E-state index is 0. The van der Waals surface area contributed by atoms with Crippen LogP contribution < -0.4 is 0 Å². The number of hydrogen-bond donors (Lipinski definition) is 0. The van der Waals surface area contributed by atoms with Crippen molar-refractivity contribution in [1.29, 1.82) is 0 Å². The molecule has 4 heavy (non-hydrogen) atoms. The van der Waals surface area contributed by atoms with Crippen LogP contribution in [-0.2, 0) is 0 Å². The van der Waals surface area contributed by atoms with Crippen molar-refractivity contribution in [1.82, 2.24) is 0 Å². The molecule has 0 aromatic rings. The second kappa shape index (κ2) is 20.3. The molecule has 0 bridgehead atoms. The Balaban J connectivity index is 0. The Kier molecular flexibility index (Phi) is 195. The predicted molar refractivity (Wildman–Crippen MR) is 13.5 cm³/mol. The van der Waals surface area contributed by atoms with Crippen LogP contribution in [0.25, 0.3) is 0 Å². The zero-order valence-corrected chi connectivity index (χ0v) is 3.44. The van der Waals surface area contributed by atoms with Crippen LogP contribution in [0, 0.1) is 39.9 Å². The summed E-state index contributed by atoms with van der Waals surface area (Å²) < 4.78 is 0. The average Bonchev–Trinajstić information content (AvgIpc) is 0. The van der Waals surface area contributed by atoms with Crippen LogP contribution in [0.5, 0.6) is 0 Å². The van der Waals surface area contributed by atoms with E-state index in [0.717, 1.165) is 0 Å². The summed E-state index contributed by atoms with van der Waals surface area (Å²) in [6.45, 7) is 0. The van der Waals surface area contributed by atoms with E-state index in [0.29, 0.717) is 0 Å². The van der Waals surface area contributed by atoms with Crippen LogP contribution >= 0.6 is 0 Å². The smallest absolute Gasteiger partial charge is 0.269 e. The summed E-state index contributed by atoms with van der Waals surface area (Å²) in [6, 6.07) is 0. The van der Waals surface area contributed by atoms with Gasteiger partial charge in [0.1, 0.15) is 0 Å². The van der Waals surface area contributed by atoms with Gasteiger partial charge in [-0.25, -0.2) is 0 Å². The van der Waals surface area contributed by atoms with E-state index in [9.17, 15) is 0 Å². The maximum atomic E-state index is 0. The first-order valence-electron chi connectivity index (χ1n) is 0. The molecule has 0 rings (SSSR count). The van der Waals surface area contributed by atoms with E-state index in [2.05, 4.69) is 0 Å². The predicted octanol–water partition coefficient (Wildman–Crippen LogP) is -0.611. The van der Waals surface area contributed by atoms with Gasteiger partial charge >= 0.3 is 23.1 Å². The summed E-state index contributed by atoms with van der Waals surface area (Å²) in [5, 5.41) is 0. The van der Waals surface area contributed by atoms with Crippen LogP contribution in [-0.4, -0.2) is 23.1 Å². The van der Waals surface area contributed by atoms with E-state index in [1.807, 2.05) is 0 Å². The molecule has 0 spiro atoms. The van der Waals surface area contributed by atoms with E-state index in [1.165, 1.54) is 0 Å². The fourth-order valence-corrected chi connectivity index (χ4v) is 0. The summed E-state index contributed by atoms with van der Waals surface area (Å²) in [5.41, 5.74) is 0. The van der Waals surface area contributed by atoms with E-state index in [1.54, 1.807) is 0 Å². The molecule has 0 aliphatic carbocycles. The molecule has 0 nitrogen and oxygen atoms in total. The zero-order chi connectivity index (χ0) is 0. The minimum Gasteiger partial charge on any atom is -0.269 e. The Hall–Kier alpha value is 1.95. The standard InChI is InChI=1S/2FH.Gd.Mg.2H/h2*1H;;;;. The first-order chi connectivity index (χ1) is 0. The third kappa shape index (κ3) is 9.04. The molecule has 0 aliphatic heterocycles. The number of halogens is 2. The van der Waals surface area contributed by atoms with Gasteiger partial charge in [0.2, 0.25) is 0 Å². The molecule has 0 fully saturated rings. The van der Waals surface area contributed by atoms with Gasteiger partial charge in [-0.2, -0.15) is 0 Å². The second-order valence-corrected chi connectivity index (χ2v) is 0. The van der Waals surface area contributed by atoms with Crippen LogP contribution in [0.4, 0.5) is 9.41 Å². The van der Waals surface area contributed by atoms with Gasteiger partial charge in [0.05, 0.1) is 0 Å². The minimum atomic E-state index is 0. The van der Waals surface area contributed by atoms with Crippen molar-refractivity contribution in [2.24, 2.45) is 0 Å². The van der Waals surface area contributed by atoms with E-state index in [-0.39, 0.29) is 72.4 Å². The molecular formula is H4F2GdMg. The van der Waals surface area contributed by atoms with Crippen LogP contribution in [0.1, 0.15) is 0 Å². The largest absolute Gasteiger partial charge is 0.316 e. The summed E-state index contributed by atoms with van der Waals surface area (Å²) in [4.78, 5) is 0. The Morgan fingerprint density at radius 2 is 0.750 bits per heavy atom. The molecule has 0 aliphatic rings. The van der Waals surface area contributed by atoms with Crippen LogP contribution in [0.2, 0.25) is 0 Å². The fourth-order valence-electron chi connectivity index (χ4n) is 0. The summed E-state index contributed by atoms with van der Waals surface area (Å²) in [7, 11) is 0. The van der Waals surface area contributed by atoms with Crippen LogP contribution in [0.3, 0.4) is 0 Å². The van der Waals surface area contributed by atoms with Gasteiger partial charge in [-0.1, -0.05) is 0 Å². The maximum absolute atomic E-state index is 0. The van der Waals surface area contributed by atoms with Crippen molar-refractivity contribution >= 4 is 23.1 Å². The molecule has 0 saturated carbocycles. The molecule has 0 saturated heterocycles. The van der Waals surface area contributed by atoms with Gasteiger partial charge < -0.3 is 0 Å². The molecule has 0 unspecified atom stereocenters. The van der Waals surface area contributed by atoms with Gasteiger partial charge in [0.25, 0.3) is 0 Å². The summed E-state index contributed by atoms with van der Waals surface area (Å²) in [5.74, 6) is 0. The molecule has 4 heteroatoms. The molecule has 0 N–H and O–H groups in total. The summed E-state index contributed by atoms with van der Waals surface area (Å²) in [6.07, 6.45) is 0. The first kappa shape index (κ1) is 38.3. The van der Waals surface area contributed by atoms with Gasteiger partial charge in [-0.3, -0.25) is 9.41 Å². The van der Waals surface area contributed by atoms with Gasteiger partial charge in [0, 0.05) is 39.9 Å². The topological polar surface area (TPSA) is 0 Å². The molecule has 0 aromatic carbocycles. The number of rotatable bonds is 0. The average molecular weight is 224 g/mol. The maximum Gasteiger partial charge on any atom is 0.316 e. The van der Waals surface area contributed by atoms with Crippen LogP contribution in [0.15, 0.2) is 0 Å². The third-order valence-corrected chi connectivity index (χ3v) is 0.